The van der Waals surface area contributed by atoms with E-state index in [4.69, 9.17) is 61.4 Å². The fourth-order valence-corrected chi connectivity index (χ4v) is 9.95. The van der Waals surface area contributed by atoms with Crippen molar-refractivity contribution in [3.8, 4) is 5.75 Å². The Morgan fingerprint density at radius 2 is 1.11 bits per heavy atom. The monoisotopic (exact) mass is 721 g/mol. The Balaban J connectivity index is 1.25. The lowest BCUT2D eigenvalue weighted by molar-refractivity contribution is -0.508. The molecule has 7 saturated heterocycles. The Kier molecular flexibility index (Phi) is 10.6. The van der Waals surface area contributed by atoms with E-state index in [0.29, 0.717) is 45.4 Å². The lowest BCUT2D eigenvalue weighted by atomic mass is 10.0. The first-order valence-corrected chi connectivity index (χ1v) is 19.1. The lowest BCUT2D eigenvalue weighted by Gasteiger charge is -2.58. The van der Waals surface area contributed by atoms with Crippen molar-refractivity contribution in [2.45, 2.75) is 61.0 Å². The van der Waals surface area contributed by atoms with Crippen LogP contribution in [0.25, 0.3) is 0 Å². The third-order valence-corrected chi connectivity index (χ3v) is 12.7. The number of hydrogen-bond donors (Lipinski definition) is 2. The number of ether oxygens (including phenoxy) is 12. The number of nitrogens with zero attached hydrogens (tertiary/aromatic N) is 1. The summed E-state index contributed by atoms with van der Waals surface area (Å²) in [5.74, 6) is -4.76. The molecule has 16 nitrogen and oxygen atoms in total. The van der Waals surface area contributed by atoms with Gasteiger partial charge in [0.15, 0.2) is 0 Å². The molecule has 0 amide bonds. The molecule has 7 fully saturated rings. The van der Waals surface area contributed by atoms with Crippen LogP contribution in [0.2, 0.25) is 0 Å². The second kappa shape index (κ2) is 14.7. The van der Waals surface area contributed by atoms with Gasteiger partial charge in [-0.3, -0.25) is 4.86 Å². The van der Waals surface area contributed by atoms with Crippen molar-refractivity contribution >= 4 is 26.2 Å². The van der Waals surface area contributed by atoms with Gasteiger partial charge in [0.05, 0.1) is 79.3 Å². The van der Waals surface area contributed by atoms with E-state index in [2.05, 4.69) is 9.72 Å². The second-order valence-electron chi connectivity index (χ2n) is 12.2. The number of epoxide rings is 6. The van der Waals surface area contributed by atoms with E-state index in [1.807, 2.05) is 34.8 Å². The van der Waals surface area contributed by atoms with E-state index >= 15 is 0 Å². The van der Waals surface area contributed by atoms with Gasteiger partial charge >= 0.3 is 5.91 Å². The Bertz CT molecular complexity index is 1130. The highest BCUT2D eigenvalue weighted by Gasteiger charge is 2.75. The minimum absolute atomic E-state index is 0.0525. The van der Waals surface area contributed by atoms with E-state index < -0.39 is 25.9 Å². The summed E-state index contributed by atoms with van der Waals surface area (Å²) in [6, 6.07) is 9.62. The summed E-state index contributed by atoms with van der Waals surface area (Å²) >= 11 is 0. The summed E-state index contributed by atoms with van der Waals surface area (Å²) in [6.07, 6.45) is -0.784. The maximum absolute atomic E-state index is 7.04. The Hall–Kier alpha value is -0.290. The molecule has 47 heavy (non-hydrogen) atoms. The molecule has 1 aromatic carbocycles. The summed E-state index contributed by atoms with van der Waals surface area (Å²) in [6.45, 7) is 6.26. The molecule has 7 aliphatic rings. The van der Waals surface area contributed by atoms with Crippen molar-refractivity contribution in [3.05, 3.63) is 30.3 Å². The summed E-state index contributed by atoms with van der Waals surface area (Å²) < 4.78 is 83.9. The maximum Gasteiger partial charge on any atom is 0.304 e. The zero-order valence-electron chi connectivity index (χ0n) is 26.0. The predicted molar refractivity (Wildman–Crippen MR) is 167 cm³/mol. The van der Waals surface area contributed by atoms with Gasteiger partial charge in [-0.2, -0.15) is 0 Å². The molecule has 8 rings (SSSR count). The van der Waals surface area contributed by atoms with Crippen molar-refractivity contribution in [1.82, 2.24) is 14.2 Å². The van der Waals surface area contributed by atoms with Gasteiger partial charge in [-0.15, -0.1) is 4.44 Å². The average Bonchev–Trinajstić information content (AvgIpc) is 3.88. The van der Waals surface area contributed by atoms with Crippen molar-refractivity contribution < 1.29 is 61.4 Å². The summed E-state index contributed by atoms with van der Waals surface area (Å²) in [5, 5.41) is 0. The normalized spacial score (nSPS) is 37.1. The highest BCUT2D eigenvalue weighted by molar-refractivity contribution is 7.71. The second-order valence-corrected chi connectivity index (χ2v) is 16.5. The zero-order chi connectivity index (χ0) is 31.7. The minimum atomic E-state index is -1.93. The zero-order valence-corrected chi connectivity index (χ0v) is 28.9. The molecule has 0 spiro atoms. The highest BCUT2D eigenvalue weighted by Crippen LogP contribution is 2.61. The maximum atomic E-state index is 7.04. The first-order valence-electron chi connectivity index (χ1n) is 15.9. The number of nitrogens with one attached hydrogen (secondary N) is 2. The standard InChI is InChI=1S/C28H42N3O13P3/c1-26(38-13-20-7-32-20,39-14-21-8-33-21)27(40-15-22-9-34-22,41-16-23-10-35-23)28(42-17-24-11-36-24,43-18-25-12-37-25)31-46-29-45-30-47(31)44-19-5-3-2-4-6-19/h2-6,20-25,29-30,45-46H,7-18H2,1H3. The fraction of sp³-hybridized carbons (Fsp3) is 0.786. The Morgan fingerprint density at radius 1 is 0.681 bits per heavy atom. The van der Waals surface area contributed by atoms with Crippen molar-refractivity contribution in [1.29, 1.82) is 0 Å². The molecule has 0 saturated carbocycles. The number of rotatable bonds is 23. The largest absolute Gasteiger partial charge is 0.444 e. The van der Waals surface area contributed by atoms with Gasteiger partial charge in [-0.05, 0) is 19.1 Å². The molecule has 7 heterocycles. The molecule has 9 atom stereocenters. The van der Waals surface area contributed by atoms with E-state index in [9.17, 15) is 0 Å². The van der Waals surface area contributed by atoms with Crippen molar-refractivity contribution in [2.75, 3.05) is 79.3 Å². The first kappa shape index (κ1) is 33.8. The minimum Gasteiger partial charge on any atom is -0.444 e. The van der Waals surface area contributed by atoms with Crippen LogP contribution in [0.15, 0.2) is 30.3 Å². The molecular formula is C28H42N3O13P3. The summed E-state index contributed by atoms with van der Waals surface area (Å²) in [5.41, 5.74) is 0. The van der Waals surface area contributed by atoms with Crippen LogP contribution in [0.4, 0.5) is 0 Å². The Morgan fingerprint density at radius 3 is 1.55 bits per heavy atom. The summed E-state index contributed by atoms with van der Waals surface area (Å²) in [7, 11) is -1.48. The van der Waals surface area contributed by atoms with Crippen LogP contribution in [0, 0.1) is 0 Å². The molecule has 9 unspecified atom stereocenters. The van der Waals surface area contributed by atoms with Gasteiger partial charge in [-0.1, -0.05) is 18.2 Å². The van der Waals surface area contributed by atoms with Gasteiger partial charge in [0.25, 0.3) is 14.2 Å². The van der Waals surface area contributed by atoms with E-state index in [-0.39, 0.29) is 94.0 Å². The highest BCUT2D eigenvalue weighted by atomic mass is 31.2. The molecule has 1 aromatic rings. The predicted octanol–water partition coefficient (Wildman–Crippen LogP) is 1.36. The van der Waals surface area contributed by atoms with E-state index in [0.717, 1.165) is 0 Å². The van der Waals surface area contributed by atoms with E-state index in [1.54, 1.807) is 6.92 Å². The van der Waals surface area contributed by atoms with Gasteiger partial charge in [0.2, 0.25) is 5.79 Å². The van der Waals surface area contributed by atoms with E-state index in [1.165, 1.54) is 0 Å². The van der Waals surface area contributed by atoms with Gasteiger partial charge in [0, 0.05) is 17.8 Å². The van der Waals surface area contributed by atoms with Crippen molar-refractivity contribution in [2.24, 2.45) is 0 Å². The molecule has 19 heteroatoms. The third kappa shape index (κ3) is 8.61. The van der Waals surface area contributed by atoms with Gasteiger partial charge < -0.3 is 61.4 Å². The van der Waals surface area contributed by atoms with Crippen LogP contribution in [-0.4, -0.2) is 138 Å². The Labute approximate surface area is 278 Å². The molecule has 2 N–H and O–H groups in total. The van der Waals surface area contributed by atoms with Crippen LogP contribution >= 0.6 is 26.2 Å². The molecule has 0 radical (unpaired) electrons. The molecule has 262 valence electrons. The lowest BCUT2D eigenvalue weighted by Crippen LogP contribution is -2.77. The molecule has 7 aliphatic heterocycles. The SMILES string of the molecule is CC(OCC1CO1)(OCC1CO1)C(OCC1CO1)(OCC1CO1)C(OCC1CO1)(OCC1CO1)N1PNPNP1Oc1ccccc1. The smallest absolute Gasteiger partial charge is 0.304 e. The quantitative estimate of drug-likeness (QED) is 0.0944. The van der Waals surface area contributed by atoms with Crippen LogP contribution < -0.4 is 14.2 Å². The summed E-state index contributed by atoms with van der Waals surface area (Å²) in [4.78, 5) is 6.98. The van der Waals surface area contributed by atoms with Crippen LogP contribution in [0.1, 0.15) is 6.92 Å². The number of benzene rings is 1. The van der Waals surface area contributed by atoms with Crippen LogP contribution in [0.5, 0.6) is 5.75 Å². The molecule has 0 aromatic heterocycles. The molecule has 0 aliphatic carbocycles. The van der Waals surface area contributed by atoms with Crippen molar-refractivity contribution in [3.63, 3.8) is 0 Å². The first-order chi connectivity index (χ1) is 23.0. The topological polar surface area (TPSA) is 167 Å². The number of hydrogen-bond acceptors (Lipinski definition) is 16. The fourth-order valence-electron chi connectivity index (χ4n) is 4.91. The van der Waals surface area contributed by atoms with Gasteiger partial charge in [0.1, 0.15) is 42.4 Å². The van der Waals surface area contributed by atoms with Crippen LogP contribution in [-0.2, 0) is 56.8 Å². The van der Waals surface area contributed by atoms with Gasteiger partial charge in [-0.25, -0.2) is 4.86 Å². The average molecular weight is 722 g/mol. The molecular weight excluding hydrogens is 679 g/mol. The van der Waals surface area contributed by atoms with Crippen LogP contribution in [0.3, 0.4) is 0 Å². The third-order valence-electron chi connectivity index (χ3n) is 8.16. The number of para-hydroxylation sites is 1. The molecule has 0 bridgehead atoms.